The molecule has 2 heterocycles. The molecule has 0 saturated carbocycles. The fourth-order valence-electron chi connectivity index (χ4n) is 4.14. The van der Waals surface area contributed by atoms with E-state index in [1.165, 1.54) is 6.92 Å². The highest BCUT2D eigenvalue weighted by molar-refractivity contribution is 7.50. The Balaban J connectivity index is 1.72. The predicted octanol–water partition coefficient (Wildman–Crippen LogP) is -1.11. The first-order chi connectivity index (χ1) is 17.3. The number of para-hydroxylation sites is 1. The predicted molar refractivity (Wildman–Crippen MR) is 129 cm³/mol. The van der Waals surface area contributed by atoms with Crippen LogP contribution >= 0.6 is 7.75 Å². The first-order valence-electron chi connectivity index (χ1n) is 11.8. The van der Waals surface area contributed by atoms with E-state index in [1.54, 1.807) is 32.2 Å². The van der Waals surface area contributed by atoms with Gasteiger partial charge < -0.3 is 45.2 Å². The second kappa shape index (κ2) is 12.0. The number of H-pyrrole nitrogens is 1. The largest absolute Gasteiger partial charge is 0.548 e. The second-order valence-corrected chi connectivity index (χ2v) is 11.1. The van der Waals surface area contributed by atoms with Crippen LogP contribution in [0.15, 0.2) is 30.5 Å². The van der Waals surface area contributed by atoms with Gasteiger partial charge in [-0.05, 0) is 30.9 Å². The summed E-state index contributed by atoms with van der Waals surface area (Å²) in [5.41, 5.74) is 1.42. The lowest BCUT2D eigenvalue weighted by Crippen LogP contribution is -2.57. The molecule has 7 N–H and O–H groups in total. The van der Waals surface area contributed by atoms with E-state index < -0.39 is 62.4 Å². The minimum Gasteiger partial charge on any atom is -0.548 e. The van der Waals surface area contributed by atoms with E-state index in [2.05, 4.69) is 15.4 Å². The van der Waals surface area contributed by atoms with E-state index in [-0.39, 0.29) is 18.8 Å². The zero-order valence-corrected chi connectivity index (χ0v) is 21.5. The Kier molecular flexibility index (Phi) is 9.48. The zero-order chi connectivity index (χ0) is 27.5. The highest BCUT2D eigenvalue weighted by Crippen LogP contribution is 2.42. The van der Waals surface area contributed by atoms with Gasteiger partial charge in [0.2, 0.25) is 5.91 Å². The molecule has 1 amide bonds. The molecule has 0 aliphatic carbocycles. The van der Waals surface area contributed by atoms with Crippen molar-refractivity contribution in [3.8, 4) is 0 Å². The van der Waals surface area contributed by atoms with Gasteiger partial charge in [0, 0.05) is 23.5 Å². The third-order valence-electron chi connectivity index (χ3n) is 6.10. The Morgan fingerprint density at radius 3 is 2.49 bits per heavy atom. The van der Waals surface area contributed by atoms with E-state index in [4.69, 9.17) is 9.26 Å². The van der Waals surface area contributed by atoms with E-state index >= 15 is 0 Å². The Morgan fingerprint density at radius 1 is 1.16 bits per heavy atom. The number of aliphatic carboxylic acids is 1. The van der Waals surface area contributed by atoms with Gasteiger partial charge in [-0.1, -0.05) is 32.0 Å². The van der Waals surface area contributed by atoms with E-state index in [0.717, 1.165) is 10.9 Å². The number of carbonyl (C=O) groups excluding carboxylic acids is 2. The standard InChI is InChI=1S/C23H34N3O10P/c1-11(2)8-16(26-37(33,34)36-23-20(29)19(28)18(27)12(3)35-23)21(30)25-17(22(31)32)9-13-10-24-15-7-5-4-6-14(13)15/h4-7,10-12,16-20,23-24,27-29H,8-9H2,1-3H3,(H,25,30)(H,31,32)(H2,26,33,34)/p-1. The number of carboxylic acids is 1. The van der Waals surface area contributed by atoms with Crippen molar-refractivity contribution < 1.29 is 48.7 Å². The summed E-state index contributed by atoms with van der Waals surface area (Å²) in [5, 5.41) is 46.9. The number of fused-ring (bicyclic) bond motifs is 1. The number of rotatable bonds is 11. The smallest absolute Gasteiger partial charge is 0.406 e. The fraction of sp³-hybridized carbons (Fsp3) is 0.565. The molecule has 8 atom stereocenters. The molecule has 1 aromatic heterocycles. The van der Waals surface area contributed by atoms with Crippen molar-refractivity contribution in [2.75, 3.05) is 0 Å². The van der Waals surface area contributed by atoms with Crippen LogP contribution in [-0.2, 0) is 29.8 Å². The number of benzene rings is 1. The lowest BCUT2D eigenvalue weighted by atomic mass is 10.0. The maximum absolute atomic E-state index is 13.1. The van der Waals surface area contributed by atoms with Gasteiger partial charge in [0.15, 0.2) is 6.29 Å². The van der Waals surface area contributed by atoms with Crippen LogP contribution in [0.25, 0.3) is 10.9 Å². The van der Waals surface area contributed by atoms with Gasteiger partial charge in [0.05, 0.1) is 24.2 Å². The second-order valence-electron chi connectivity index (χ2n) is 9.56. The topological polar surface area (TPSA) is 214 Å². The summed E-state index contributed by atoms with van der Waals surface area (Å²) < 4.78 is 23.0. The van der Waals surface area contributed by atoms with Gasteiger partial charge >= 0.3 is 7.75 Å². The van der Waals surface area contributed by atoms with Crippen LogP contribution in [0.4, 0.5) is 0 Å². The Bertz CT molecular complexity index is 1140. The Morgan fingerprint density at radius 2 is 1.84 bits per heavy atom. The number of aromatic nitrogens is 1. The molecule has 8 unspecified atom stereocenters. The summed E-state index contributed by atoms with van der Waals surface area (Å²) in [6, 6.07) is 4.42. The Hall–Kier alpha value is -2.35. The minimum absolute atomic E-state index is 0.0262. The normalized spacial score (nSPS) is 27.5. The molecule has 2 aromatic rings. The number of aliphatic hydroxyl groups excluding tert-OH is 3. The molecule has 0 radical (unpaired) electrons. The molecule has 1 aromatic carbocycles. The molecule has 13 nitrogen and oxygen atoms in total. The SMILES string of the molecule is CC(C)CC(NP(=O)(O)OC1OC(C)C(O)C(O)C1O)C(=O)NC(Cc1c[nH]c2ccccc12)C(=O)[O-]. The molecule has 14 heteroatoms. The average Bonchev–Trinajstić information content (AvgIpc) is 3.22. The number of aromatic amines is 1. The maximum atomic E-state index is 13.1. The number of aliphatic hydroxyl groups is 3. The quantitative estimate of drug-likeness (QED) is 0.169. The molecular weight excluding hydrogens is 509 g/mol. The number of ether oxygens (including phenoxy) is 1. The van der Waals surface area contributed by atoms with E-state index in [0.29, 0.717) is 5.56 Å². The van der Waals surface area contributed by atoms with Crippen LogP contribution in [0.2, 0.25) is 0 Å². The number of nitrogens with one attached hydrogen (secondary N) is 3. The summed E-state index contributed by atoms with van der Waals surface area (Å²) in [5.74, 6) is -2.58. The van der Waals surface area contributed by atoms with Crippen molar-refractivity contribution in [3.63, 3.8) is 0 Å². The summed E-state index contributed by atoms with van der Waals surface area (Å²) in [6.45, 7) is 4.87. The molecule has 1 fully saturated rings. The molecular formula is C23H33N3O10P-. The summed E-state index contributed by atoms with van der Waals surface area (Å²) in [4.78, 5) is 38.3. The van der Waals surface area contributed by atoms with Crippen LogP contribution in [0.1, 0.15) is 32.8 Å². The lowest BCUT2D eigenvalue weighted by Gasteiger charge is -2.39. The maximum Gasteiger partial charge on any atom is 0.406 e. The zero-order valence-electron chi connectivity index (χ0n) is 20.6. The number of amides is 1. The van der Waals surface area contributed by atoms with Crippen LogP contribution in [0.5, 0.6) is 0 Å². The third kappa shape index (κ3) is 7.37. The van der Waals surface area contributed by atoms with Crippen molar-refractivity contribution in [2.45, 2.75) is 76.4 Å². The molecule has 0 spiro atoms. The van der Waals surface area contributed by atoms with Gasteiger partial charge in [0.1, 0.15) is 18.3 Å². The average molecular weight is 543 g/mol. The fourth-order valence-corrected chi connectivity index (χ4v) is 5.28. The van der Waals surface area contributed by atoms with Crippen LogP contribution in [-0.4, -0.2) is 79.9 Å². The summed E-state index contributed by atoms with van der Waals surface area (Å²) in [6.07, 6.45) is -6.23. The molecule has 206 valence electrons. The van der Waals surface area contributed by atoms with Crippen LogP contribution < -0.4 is 15.5 Å². The van der Waals surface area contributed by atoms with Crippen molar-refractivity contribution in [1.82, 2.24) is 15.4 Å². The van der Waals surface area contributed by atoms with Crippen molar-refractivity contribution in [2.24, 2.45) is 5.92 Å². The number of carbonyl (C=O) groups is 2. The van der Waals surface area contributed by atoms with Gasteiger partial charge in [-0.15, -0.1) is 0 Å². The van der Waals surface area contributed by atoms with Crippen LogP contribution in [0.3, 0.4) is 0 Å². The number of carboxylic acid groups (broad SMARTS) is 1. The van der Waals surface area contributed by atoms with E-state index in [9.17, 15) is 39.5 Å². The minimum atomic E-state index is -4.85. The van der Waals surface area contributed by atoms with Crippen molar-refractivity contribution >= 4 is 30.5 Å². The molecule has 37 heavy (non-hydrogen) atoms. The molecule has 1 aliphatic rings. The summed E-state index contributed by atoms with van der Waals surface area (Å²) >= 11 is 0. The van der Waals surface area contributed by atoms with Crippen molar-refractivity contribution in [3.05, 3.63) is 36.0 Å². The van der Waals surface area contributed by atoms with Gasteiger partial charge in [-0.2, -0.15) is 0 Å². The first-order valence-corrected chi connectivity index (χ1v) is 13.4. The highest BCUT2D eigenvalue weighted by Gasteiger charge is 2.45. The number of hydrogen-bond donors (Lipinski definition) is 7. The highest BCUT2D eigenvalue weighted by atomic mass is 31.2. The van der Waals surface area contributed by atoms with Gasteiger partial charge in [-0.3, -0.25) is 9.32 Å². The molecule has 3 rings (SSSR count). The van der Waals surface area contributed by atoms with Gasteiger partial charge in [0.25, 0.3) is 0 Å². The number of hydrogen-bond acceptors (Lipinski definition) is 9. The van der Waals surface area contributed by atoms with Crippen LogP contribution in [0, 0.1) is 5.92 Å². The molecule has 1 aliphatic heterocycles. The molecule has 0 bridgehead atoms. The summed E-state index contributed by atoms with van der Waals surface area (Å²) in [7, 11) is -4.85. The Labute approximate surface area is 213 Å². The van der Waals surface area contributed by atoms with E-state index in [1.807, 2.05) is 12.1 Å². The van der Waals surface area contributed by atoms with Gasteiger partial charge in [-0.25, -0.2) is 9.65 Å². The third-order valence-corrected chi connectivity index (χ3v) is 7.23. The monoisotopic (exact) mass is 542 g/mol. The lowest BCUT2D eigenvalue weighted by molar-refractivity contribution is -0.308. The van der Waals surface area contributed by atoms with Crippen molar-refractivity contribution in [1.29, 1.82) is 0 Å². The molecule has 1 saturated heterocycles. The first kappa shape index (κ1) is 29.2.